The second-order valence-electron chi connectivity index (χ2n) is 3.15. The van der Waals surface area contributed by atoms with Gasteiger partial charge in [-0.1, -0.05) is 29.5 Å². The fourth-order valence-corrected chi connectivity index (χ4v) is 1.48. The molecule has 1 N–H and O–H groups in total. The first-order valence-electron chi connectivity index (χ1n) is 4.73. The summed E-state index contributed by atoms with van der Waals surface area (Å²) >= 11 is 9.88. The van der Waals surface area contributed by atoms with E-state index < -0.39 is 5.97 Å². The lowest BCUT2D eigenvalue weighted by Crippen LogP contribution is -2.02. The molecule has 0 fully saturated rings. The molecule has 0 aromatic heterocycles. The van der Waals surface area contributed by atoms with Gasteiger partial charge < -0.3 is 5.11 Å². The summed E-state index contributed by atoms with van der Waals surface area (Å²) in [5.41, 5.74) is 1.36. The van der Waals surface area contributed by atoms with Crippen molar-refractivity contribution in [2.24, 2.45) is 0 Å². The molecule has 1 aromatic carbocycles. The second kappa shape index (κ2) is 6.47. The smallest absolute Gasteiger partial charge is 0.307 e. The van der Waals surface area contributed by atoms with E-state index in [0.29, 0.717) is 28.3 Å². The monoisotopic (exact) mass is 254 g/mol. The zero-order valence-corrected chi connectivity index (χ0v) is 10.2. The quantitative estimate of drug-likeness (QED) is 0.643. The number of halogens is 1. The number of thiol groups is 1. The molecule has 0 saturated heterocycles. The van der Waals surface area contributed by atoms with Crippen molar-refractivity contribution in [1.82, 2.24) is 0 Å². The van der Waals surface area contributed by atoms with Crippen LogP contribution >= 0.6 is 24.2 Å². The Bertz CT molecular complexity index is 446. The van der Waals surface area contributed by atoms with E-state index in [2.05, 4.69) is 24.5 Å². The Kier molecular flexibility index (Phi) is 5.24. The summed E-state index contributed by atoms with van der Waals surface area (Å²) in [5.74, 6) is 5.63. The maximum atomic E-state index is 10.6. The van der Waals surface area contributed by atoms with E-state index >= 15 is 0 Å². The number of carboxylic acid groups (broad SMARTS) is 1. The maximum Gasteiger partial charge on any atom is 0.307 e. The minimum Gasteiger partial charge on any atom is -0.481 e. The first kappa shape index (κ1) is 13.0. The number of carbonyl (C=O) groups is 1. The van der Waals surface area contributed by atoms with Crippen LogP contribution in [0.5, 0.6) is 0 Å². The molecular formula is C12H11ClO2S. The molecular weight excluding hydrogens is 244 g/mol. The molecule has 0 aliphatic heterocycles. The van der Waals surface area contributed by atoms with E-state index in [9.17, 15) is 4.79 Å². The van der Waals surface area contributed by atoms with Crippen molar-refractivity contribution < 1.29 is 9.90 Å². The van der Waals surface area contributed by atoms with Gasteiger partial charge >= 0.3 is 5.97 Å². The summed E-state index contributed by atoms with van der Waals surface area (Å²) < 4.78 is 0. The van der Waals surface area contributed by atoms with Gasteiger partial charge in [0.05, 0.1) is 6.42 Å². The van der Waals surface area contributed by atoms with Crippen LogP contribution in [0.3, 0.4) is 0 Å². The molecule has 0 aliphatic rings. The third kappa shape index (κ3) is 4.18. The number of hydrogen-bond donors (Lipinski definition) is 2. The van der Waals surface area contributed by atoms with Gasteiger partial charge in [0.15, 0.2) is 0 Å². The van der Waals surface area contributed by atoms with E-state index in [1.807, 2.05) is 0 Å². The number of hydrogen-bond acceptors (Lipinski definition) is 2. The Morgan fingerprint density at radius 1 is 1.50 bits per heavy atom. The van der Waals surface area contributed by atoms with Crippen molar-refractivity contribution in [1.29, 1.82) is 0 Å². The van der Waals surface area contributed by atoms with Crippen molar-refractivity contribution in [3.8, 4) is 11.8 Å². The minimum absolute atomic E-state index is 0.0396. The van der Waals surface area contributed by atoms with Crippen LogP contribution in [0.25, 0.3) is 0 Å². The lowest BCUT2D eigenvalue weighted by Gasteiger charge is -2.01. The predicted octanol–water partition coefficient (Wildman–Crippen LogP) is 2.64. The highest BCUT2D eigenvalue weighted by atomic mass is 35.5. The summed E-state index contributed by atoms with van der Waals surface area (Å²) in [6, 6.07) is 5.05. The van der Waals surface area contributed by atoms with Crippen molar-refractivity contribution in [2.45, 2.75) is 12.8 Å². The molecule has 0 saturated carbocycles. The highest BCUT2D eigenvalue weighted by molar-refractivity contribution is 7.80. The standard InChI is InChI=1S/C12H11ClO2S/c13-11-5-4-10(8-12(14)15)9(7-11)3-1-2-6-16/h4-5,7,16H,2,6,8H2,(H,14,15). The van der Waals surface area contributed by atoms with E-state index in [4.69, 9.17) is 16.7 Å². The molecule has 4 heteroatoms. The lowest BCUT2D eigenvalue weighted by molar-refractivity contribution is -0.136. The van der Waals surface area contributed by atoms with Crippen molar-refractivity contribution in [3.05, 3.63) is 34.3 Å². The highest BCUT2D eigenvalue weighted by Crippen LogP contribution is 2.16. The zero-order valence-electron chi connectivity index (χ0n) is 8.53. The number of rotatable bonds is 3. The molecule has 0 heterocycles. The SMILES string of the molecule is O=C(O)Cc1ccc(Cl)cc1C#CCCS. The minimum atomic E-state index is -0.875. The first-order valence-corrected chi connectivity index (χ1v) is 5.74. The summed E-state index contributed by atoms with van der Waals surface area (Å²) in [5, 5.41) is 9.30. The second-order valence-corrected chi connectivity index (χ2v) is 4.03. The summed E-state index contributed by atoms with van der Waals surface area (Å²) in [7, 11) is 0. The fraction of sp³-hybridized carbons (Fsp3) is 0.250. The molecule has 2 nitrogen and oxygen atoms in total. The van der Waals surface area contributed by atoms with E-state index in [-0.39, 0.29) is 6.42 Å². The Hall–Kier alpha value is -1.11. The molecule has 16 heavy (non-hydrogen) atoms. The van der Waals surface area contributed by atoms with E-state index in [1.54, 1.807) is 18.2 Å². The van der Waals surface area contributed by atoms with Gasteiger partial charge in [-0.05, 0) is 17.7 Å². The van der Waals surface area contributed by atoms with Gasteiger partial charge in [-0.25, -0.2) is 0 Å². The molecule has 0 bridgehead atoms. The molecule has 0 atom stereocenters. The van der Waals surface area contributed by atoms with Crippen molar-refractivity contribution >= 4 is 30.2 Å². The predicted molar refractivity (Wildman–Crippen MR) is 68.1 cm³/mol. The molecule has 0 spiro atoms. The van der Waals surface area contributed by atoms with E-state index in [1.165, 1.54) is 0 Å². The highest BCUT2D eigenvalue weighted by Gasteiger charge is 2.05. The Balaban J connectivity index is 2.99. The van der Waals surface area contributed by atoms with Crippen molar-refractivity contribution in [2.75, 3.05) is 5.75 Å². The van der Waals surface area contributed by atoms with Crippen LogP contribution in [-0.2, 0) is 11.2 Å². The fourth-order valence-electron chi connectivity index (χ4n) is 1.20. The van der Waals surface area contributed by atoms with Gasteiger partial charge in [-0.2, -0.15) is 12.6 Å². The van der Waals surface area contributed by atoms with Gasteiger partial charge in [-0.3, -0.25) is 4.79 Å². The van der Waals surface area contributed by atoms with Gasteiger partial charge in [0.25, 0.3) is 0 Å². The van der Waals surface area contributed by atoms with Crippen molar-refractivity contribution in [3.63, 3.8) is 0 Å². The van der Waals surface area contributed by atoms with Gasteiger partial charge in [0.2, 0.25) is 0 Å². The molecule has 1 aromatic rings. The lowest BCUT2D eigenvalue weighted by atomic mass is 10.0. The van der Waals surface area contributed by atoms with Gasteiger partial charge in [0, 0.05) is 22.8 Å². The third-order valence-electron chi connectivity index (χ3n) is 1.87. The van der Waals surface area contributed by atoms with Crippen LogP contribution in [0.4, 0.5) is 0 Å². The van der Waals surface area contributed by atoms with Crippen LogP contribution in [0.15, 0.2) is 18.2 Å². The number of aliphatic carboxylic acids is 1. The molecule has 84 valence electrons. The molecule has 1 rings (SSSR count). The molecule has 0 unspecified atom stereocenters. The number of carboxylic acids is 1. The zero-order chi connectivity index (χ0) is 12.0. The average Bonchev–Trinajstić information content (AvgIpc) is 2.22. The summed E-state index contributed by atoms with van der Waals surface area (Å²) in [4.78, 5) is 10.6. The molecule has 0 amide bonds. The van der Waals surface area contributed by atoms with Gasteiger partial charge in [-0.15, -0.1) is 0 Å². The van der Waals surface area contributed by atoms with E-state index in [0.717, 1.165) is 0 Å². The Labute approximate surface area is 105 Å². The molecule has 0 radical (unpaired) electrons. The number of benzene rings is 1. The largest absolute Gasteiger partial charge is 0.481 e. The maximum absolute atomic E-state index is 10.6. The van der Waals surface area contributed by atoms with Crippen LogP contribution in [-0.4, -0.2) is 16.8 Å². The van der Waals surface area contributed by atoms with Crippen LogP contribution in [0.2, 0.25) is 5.02 Å². The summed E-state index contributed by atoms with van der Waals surface area (Å²) in [6.07, 6.45) is 0.629. The Morgan fingerprint density at radius 2 is 2.25 bits per heavy atom. The van der Waals surface area contributed by atoms with Crippen LogP contribution in [0, 0.1) is 11.8 Å². The average molecular weight is 255 g/mol. The molecule has 0 aliphatic carbocycles. The normalized spacial score (nSPS) is 9.38. The first-order chi connectivity index (χ1) is 7.63. The third-order valence-corrected chi connectivity index (χ3v) is 2.33. The van der Waals surface area contributed by atoms with Gasteiger partial charge in [0.1, 0.15) is 0 Å². The van der Waals surface area contributed by atoms with Crippen LogP contribution in [0.1, 0.15) is 17.5 Å². The topological polar surface area (TPSA) is 37.3 Å². The summed E-state index contributed by atoms with van der Waals surface area (Å²) in [6.45, 7) is 0. The Morgan fingerprint density at radius 3 is 2.88 bits per heavy atom. The van der Waals surface area contributed by atoms with Crippen LogP contribution < -0.4 is 0 Å².